The second kappa shape index (κ2) is 12.8. The minimum Gasteiger partial charge on any atom is -0.318 e. The summed E-state index contributed by atoms with van der Waals surface area (Å²) in [5.41, 5.74) is 1.53. The van der Waals surface area contributed by atoms with Gasteiger partial charge in [0.25, 0.3) is 0 Å². The Kier molecular flexibility index (Phi) is 10.8. The predicted octanol–water partition coefficient (Wildman–Crippen LogP) is 5.27. The molecule has 0 N–H and O–H groups in total. The molecule has 0 unspecified atom stereocenters. The van der Waals surface area contributed by atoms with Crippen LogP contribution in [-0.4, -0.2) is 16.7 Å². The third-order valence-electron chi connectivity index (χ3n) is 3.85. The van der Waals surface area contributed by atoms with E-state index in [1.807, 2.05) is 19.1 Å². The summed E-state index contributed by atoms with van der Waals surface area (Å²) in [5, 5.41) is 3.88. The van der Waals surface area contributed by atoms with Crippen LogP contribution in [0.2, 0.25) is 0 Å². The zero-order valence-electron chi connectivity index (χ0n) is 14.6. The Balaban J connectivity index is 2.04. The lowest BCUT2D eigenvalue weighted by molar-refractivity contribution is -0.143. The summed E-state index contributed by atoms with van der Waals surface area (Å²) in [7, 11) is 0. The number of nitrogens with zero attached hydrogens (tertiary/aromatic N) is 2. The van der Waals surface area contributed by atoms with Crippen LogP contribution in [0.4, 0.5) is 0 Å². The van der Waals surface area contributed by atoms with E-state index in [4.69, 9.17) is 4.84 Å². The van der Waals surface area contributed by atoms with Crippen LogP contribution < -0.4 is 0 Å². The summed E-state index contributed by atoms with van der Waals surface area (Å²) in [6.45, 7) is 4.05. The summed E-state index contributed by atoms with van der Waals surface area (Å²) in [6, 6.07) is 3.72. The first kappa shape index (κ1) is 19.3. The minimum atomic E-state index is -0.254. The zero-order chi connectivity index (χ0) is 16.8. The lowest BCUT2D eigenvalue weighted by atomic mass is 10.1. The van der Waals surface area contributed by atoms with Crippen molar-refractivity contribution in [3.63, 3.8) is 0 Å². The molecule has 0 aromatic carbocycles. The third kappa shape index (κ3) is 9.82. The summed E-state index contributed by atoms with van der Waals surface area (Å²) in [4.78, 5) is 20.6. The Morgan fingerprint density at radius 3 is 2.35 bits per heavy atom. The second-order valence-electron chi connectivity index (χ2n) is 5.96. The fourth-order valence-electron chi connectivity index (χ4n) is 2.37. The van der Waals surface area contributed by atoms with Gasteiger partial charge in [-0.05, 0) is 25.5 Å². The van der Waals surface area contributed by atoms with E-state index in [2.05, 4.69) is 17.1 Å². The van der Waals surface area contributed by atoms with Gasteiger partial charge in [0.2, 0.25) is 0 Å². The monoisotopic (exact) mass is 318 g/mol. The van der Waals surface area contributed by atoms with E-state index in [0.717, 1.165) is 18.4 Å². The number of rotatable bonds is 12. The molecule has 0 aliphatic rings. The van der Waals surface area contributed by atoms with Crippen molar-refractivity contribution in [1.29, 1.82) is 0 Å². The molecule has 0 bridgehead atoms. The summed E-state index contributed by atoms with van der Waals surface area (Å²) in [5.74, 6) is -0.254. The number of pyridine rings is 1. The molecule has 4 heteroatoms. The molecule has 0 amide bonds. The van der Waals surface area contributed by atoms with Gasteiger partial charge in [-0.25, -0.2) is 4.79 Å². The van der Waals surface area contributed by atoms with E-state index in [9.17, 15) is 4.79 Å². The van der Waals surface area contributed by atoms with Crippen molar-refractivity contribution in [2.24, 2.45) is 5.16 Å². The van der Waals surface area contributed by atoms with Gasteiger partial charge in [-0.3, -0.25) is 4.98 Å². The van der Waals surface area contributed by atoms with E-state index in [-0.39, 0.29) is 5.97 Å². The van der Waals surface area contributed by atoms with Crippen molar-refractivity contribution in [2.75, 3.05) is 0 Å². The topological polar surface area (TPSA) is 51.5 Å². The quantitative estimate of drug-likeness (QED) is 0.228. The van der Waals surface area contributed by atoms with E-state index < -0.39 is 0 Å². The normalized spacial score (nSPS) is 11.5. The van der Waals surface area contributed by atoms with Crippen molar-refractivity contribution in [2.45, 2.75) is 78.1 Å². The molecule has 0 radical (unpaired) electrons. The van der Waals surface area contributed by atoms with E-state index in [1.54, 1.807) is 12.4 Å². The zero-order valence-corrected chi connectivity index (χ0v) is 14.6. The highest BCUT2D eigenvalue weighted by Crippen LogP contribution is 2.11. The van der Waals surface area contributed by atoms with Crippen LogP contribution in [-0.2, 0) is 9.63 Å². The van der Waals surface area contributed by atoms with Crippen molar-refractivity contribution >= 4 is 11.7 Å². The van der Waals surface area contributed by atoms with E-state index >= 15 is 0 Å². The summed E-state index contributed by atoms with van der Waals surface area (Å²) in [6.07, 6.45) is 15.0. The van der Waals surface area contributed by atoms with Gasteiger partial charge in [0.05, 0.1) is 5.71 Å². The lowest BCUT2D eigenvalue weighted by Crippen LogP contribution is -2.03. The highest BCUT2D eigenvalue weighted by molar-refractivity contribution is 5.98. The number of oxime groups is 1. The van der Waals surface area contributed by atoms with Gasteiger partial charge in [-0.1, -0.05) is 63.4 Å². The van der Waals surface area contributed by atoms with Crippen molar-refractivity contribution in [3.8, 4) is 0 Å². The average molecular weight is 318 g/mol. The fraction of sp³-hybridized carbons (Fsp3) is 0.632. The number of hydrogen-bond donors (Lipinski definition) is 0. The predicted molar refractivity (Wildman–Crippen MR) is 94.4 cm³/mol. The van der Waals surface area contributed by atoms with Crippen molar-refractivity contribution in [1.82, 2.24) is 4.98 Å². The van der Waals surface area contributed by atoms with Crippen LogP contribution >= 0.6 is 0 Å². The third-order valence-corrected chi connectivity index (χ3v) is 3.85. The van der Waals surface area contributed by atoms with Crippen LogP contribution in [0.25, 0.3) is 0 Å². The molecule has 1 aromatic rings. The van der Waals surface area contributed by atoms with Crippen LogP contribution in [0.1, 0.15) is 83.6 Å². The largest absolute Gasteiger partial charge is 0.335 e. The van der Waals surface area contributed by atoms with Crippen molar-refractivity contribution < 1.29 is 9.63 Å². The molecule has 1 heterocycles. The summed E-state index contributed by atoms with van der Waals surface area (Å²) >= 11 is 0. The molecule has 1 aromatic heterocycles. The summed E-state index contributed by atoms with van der Waals surface area (Å²) < 4.78 is 0. The number of carbonyl (C=O) groups excluding carboxylic acids is 1. The average Bonchev–Trinajstić information content (AvgIpc) is 2.59. The van der Waals surface area contributed by atoms with Gasteiger partial charge in [0.15, 0.2) is 0 Å². The van der Waals surface area contributed by atoms with Gasteiger partial charge in [-0.15, -0.1) is 0 Å². The van der Waals surface area contributed by atoms with Gasteiger partial charge >= 0.3 is 5.97 Å². The van der Waals surface area contributed by atoms with Crippen molar-refractivity contribution in [3.05, 3.63) is 30.1 Å². The van der Waals surface area contributed by atoms with Gasteiger partial charge < -0.3 is 4.84 Å². The number of unbranched alkanes of at least 4 members (excludes halogenated alkanes) is 8. The molecule has 0 aliphatic carbocycles. The first-order chi connectivity index (χ1) is 11.2. The minimum absolute atomic E-state index is 0.254. The molecule has 23 heavy (non-hydrogen) atoms. The SMILES string of the molecule is CCCCCCCCCCCC(=O)O/N=C(\C)c1cccnc1. The standard InChI is InChI=1S/C19H30N2O2/c1-3-4-5-6-7-8-9-10-11-14-19(22)23-21-17(2)18-13-12-15-20-16-18/h12-13,15-16H,3-11,14H2,1-2H3/b21-17+. The second-order valence-corrected chi connectivity index (χ2v) is 5.96. The van der Waals surface area contributed by atoms with Crippen LogP contribution in [0, 0.1) is 0 Å². The number of aromatic nitrogens is 1. The Bertz CT molecular complexity index is 458. The lowest BCUT2D eigenvalue weighted by Gasteiger charge is -2.02. The van der Waals surface area contributed by atoms with Gasteiger partial charge in [-0.2, -0.15) is 0 Å². The molecule has 0 aliphatic heterocycles. The Hall–Kier alpha value is -1.71. The maximum Gasteiger partial charge on any atom is 0.335 e. The Morgan fingerprint density at radius 1 is 1.09 bits per heavy atom. The number of carbonyl (C=O) groups is 1. The number of hydrogen-bond acceptors (Lipinski definition) is 4. The van der Waals surface area contributed by atoms with Crippen LogP contribution in [0.15, 0.2) is 29.7 Å². The van der Waals surface area contributed by atoms with Gasteiger partial charge in [0.1, 0.15) is 0 Å². The molecule has 0 fully saturated rings. The maximum absolute atomic E-state index is 11.6. The highest BCUT2D eigenvalue weighted by atomic mass is 16.7. The van der Waals surface area contributed by atoms with E-state index in [1.165, 1.54) is 44.9 Å². The molecular weight excluding hydrogens is 288 g/mol. The first-order valence-electron chi connectivity index (χ1n) is 8.89. The molecule has 128 valence electrons. The molecule has 0 atom stereocenters. The fourth-order valence-corrected chi connectivity index (χ4v) is 2.37. The molecule has 1 rings (SSSR count). The molecular formula is C19H30N2O2. The smallest absolute Gasteiger partial charge is 0.318 e. The van der Waals surface area contributed by atoms with E-state index in [0.29, 0.717) is 12.1 Å². The molecule has 4 nitrogen and oxygen atoms in total. The molecule has 0 spiro atoms. The maximum atomic E-state index is 11.6. The molecule has 0 saturated heterocycles. The van der Waals surface area contributed by atoms with Crippen LogP contribution in [0.3, 0.4) is 0 Å². The first-order valence-corrected chi connectivity index (χ1v) is 8.89. The molecule has 0 saturated carbocycles. The Morgan fingerprint density at radius 2 is 1.74 bits per heavy atom. The Labute approximate surface area is 140 Å². The van der Waals surface area contributed by atoms with Gasteiger partial charge in [0, 0.05) is 24.4 Å². The highest BCUT2D eigenvalue weighted by Gasteiger charge is 2.04. The van der Waals surface area contributed by atoms with Crippen LogP contribution in [0.5, 0.6) is 0 Å².